The Balaban J connectivity index is 1.29. The zero-order chi connectivity index (χ0) is 35.8. The molecule has 0 spiro atoms. The van der Waals surface area contributed by atoms with Crippen LogP contribution in [0.1, 0.15) is 85.2 Å². The largest absolute Gasteiger partial charge is 0.481 e. The summed E-state index contributed by atoms with van der Waals surface area (Å²) in [6.45, 7) is 1.85. The van der Waals surface area contributed by atoms with Crippen molar-refractivity contribution in [3.8, 4) is 0 Å². The molecule has 5 rings (SSSR count). The minimum absolute atomic E-state index is 0.0358. The highest BCUT2D eigenvalue weighted by Gasteiger charge is 2.28. The van der Waals surface area contributed by atoms with E-state index < -0.39 is 27.9 Å². The summed E-state index contributed by atoms with van der Waals surface area (Å²) in [7, 11) is -3.98. The zero-order valence-electron chi connectivity index (χ0n) is 27.6. The third-order valence-electron chi connectivity index (χ3n) is 8.63. The van der Waals surface area contributed by atoms with E-state index in [0.717, 1.165) is 53.7 Å². The number of aliphatic carboxylic acids is 1. The number of aromatic carboxylic acids is 1. The molecule has 1 aromatic heterocycles. The van der Waals surface area contributed by atoms with Gasteiger partial charge in [-0.15, -0.1) is 11.3 Å². The summed E-state index contributed by atoms with van der Waals surface area (Å²) in [6, 6.07) is 20.0. The first-order valence-corrected chi connectivity index (χ1v) is 18.7. The van der Waals surface area contributed by atoms with E-state index in [0.29, 0.717) is 22.7 Å². The lowest BCUT2D eigenvalue weighted by molar-refractivity contribution is -0.137. The lowest BCUT2D eigenvalue weighted by atomic mass is 9.95. The maximum absolute atomic E-state index is 13.8. The van der Waals surface area contributed by atoms with Crippen molar-refractivity contribution in [3.63, 3.8) is 0 Å². The van der Waals surface area contributed by atoms with Gasteiger partial charge in [0.05, 0.1) is 16.0 Å². The standard InChI is InChI=1S/C37H39N3O8S2/c1-2-40(22-6-11-32(41)42)50(47,48)29-8-5-7-27(23-29)34(43)39-36-33(30-9-3-4-10-31(30)49-36)35(44)38-28-20-16-25(17-21-28)13-12-24-14-18-26(19-15-24)37(45)46/h5,7-8,14-21,23H,2-4,6,9-13,22H2,1H3,(H,38,44)(H,39,43)(H,41,42)(H,45,46). The lowest BCUT2D eigenvalue weighted by Gasteiger charge is -2.20. The summed E-state index contributed by atoms with van der Waals surface area (Å²) in [5, 5.41) is 24.3. The number of hydrogen-bond acceptors (Lipinski definition) is 7. The van der Waals surface area contributed by atoms with Gasteiger partial charge in [-0.05, 0) is 104 Å². The Morgan fingerprint density at radius 3 is 2.12 bits per heavy atom. The van der Waals surface area contributed by atoms with Crippen LogP contribution in [-0.2, 0) is 40.5 Å². The first-order valence-electron chi connectivity index (χ1n) is 16.5. The van der Waals surface area contributed by atoms with E-state index in [1.807, 2.05) is 36.4 Å². The van der Waals surface area contributed by atoms with E-state index in [1.54, 1.807) is 19.1 Å². The number of nitrogens with zero attached hydrogens (tertiary/aromatic N) is 1. The Hall–Kier alpha value is -4.85. The van der Waals surface area contributed by atoms with Crippen molar-refractivity contribution in [1.29, 1.82) is 0 Å². The highest BCUT2D eigenvalue weighted by atomic mass is 32.2. The average Bonchev–Trinajstić information content (AvgIpc) is 3.47. The third-order valence-corrected chi connectivity index (χ3v) is 11.8. The second-order valence-corrected chi connectivity index (χ2v) is 15.1. The van der Waals surface area contributed by atoms with Crippen LogP contribution in [0.15, 0.2) is 77.7 Å². The minimum atomic E-state index is -3.98. The van der Waals surface area contributed by atoms with Crippen LogP contribution in [0.3, 0.4) is 0 Å². The summed E-state index contributed by atoms with van der Waals surface area (Å²) in [5.41, 5.74) is 4.35. The predicted octanol–water partition coefficient (Wildman–Crippen LogP) is 6.49. The summed E-state index contributed by atoms with van der Waals surface area (Å²) >= 11 is 1.36. The summed E-state index contributed by atoms with van der Waals surface area (Å²) in [4.78, 5) is 50.3. The molecule has 4 N–H and O–H groups in total. The Morgan fingerprint density at radius 1 is 0.820 bits per heavy atom. The van der Waals surface area contributed by atoms with Crippen molar-refractivity contribution in [1.82, 2.24) is 4.31 Å². The van der Waals surface area contributed by atoms with Crippen LogP contribution in [0.2, 0.25) is 0 Å². The van der Waals surface area contributed by atoms with Gasteiger partial charge in [0.15, 0.2) is 0 Å². The van der Waals surface area contributed by atoms with E-state index in [2.05, 4.69) is 10.6 Å². The molecule has 0 radical (unpaired) electrons. The van der Waals surface area contributed by atoms with Crippen LogP contribution in [0, 0.1) is 0 Å². The summed E-state index contributed by atoms with van der Waals surface area (Å²) in [6.07, 6.45) is 4.87. The van der Waals surface area contributed by atoms with Gasteiger partial charge < -0.3 is 20.8 Å². The van der Waals surface area contributed by atoms with Gasteiger partial charge in [0.1, 0.15) is 5.00 Å². The van der Waals surface area contributed by atoms with Gasteiger partial charge in [-0.3, -0.25) is 14.4 Å². The summed E-state index contributed by atoms with van der Waals surface area (Å²) in [5.74, 6) is -2.86. The van der Waals surface area contributed by atoms with Crippen molar-refractivity contribution in [2.75, 3.05) is 23.7 Å². The number of benzene rings is 3. The third kappa shape index (κ3) is 8.84. The molecule has 50 heavy (non-hydrogen) atoms. The number of rotatable bonds is 15. The maximum Gasteiger partial charge on any atom is 0.335 e. The highest BCUT2D eigenvalue weighted by Crippen LogP contribution is 2.39. The zero-order valence-corrected chi connectivity index (χ0v) is 29.2. The average molecular weight is 718 g/mol. The molecule has 0 atom stereocenters. The molecule has 11 nitrogen and oxygen atoms in total. The van der Waals surface area contributed by atoms with Gasteiger partial charge in [0, 0.05) is 35.6 Å². The van der Waals surface area contributed by atoms with Crippen molar-refractivity contribution < 1.29 is 37.8 Å². The Kier molecular flexibility index (Phi) is 11.8. The van der Waals surface area contributed by atoms with Gasteiger partial charge >= 0.3 is 11.9 Å². The van der Waals surface area contributed by atoms with E-state index in [-0.39, 0.29) is 47.9 Å². The predicted molar refractivity (Wildman–Crippen MR) is 192 cm³/mol. The molecule has 13 heteroatoms. The molecule has 1 aliphatic carbocycles. The fourth-order valence-electron chi connectivity index (χ4n) is 5.92. The van der Waals surface area contributed by atoms with Crippen LogP contribution in [0.4, 0.5) is 10.7 Å². The van der Waals surface area contributed by atoms with Gasteiger partial charge in [-0.25, -0.2) is 13.2 Å². The van der Waals surface area contributed by atoms with Gasteiger partial charge in [-0.1, -0.05) is 37.3 Å². The van der Waals surface area contributed by atoms with Crippen LogP contribution in [-0.4, -0.2) is 59.8 Å². The molecule has 2 amide bonds. The Bertz CT molecular complexity index is 1990. The molecule has 0 unspecified atom stereocenters. The molecular formula is C37H39N3O8S2. The number of hydrogen-bond donors (Lipinski definition) is 4. The Labute approximate surface area is 295 Å². The number of sulfonamides is 1. The fraction of sp³-hybridized carbons (Fsp3) is 0.297. The number of carbonyl (C=O) groups excluding carboxylic acids is 2. The van der Waals surface area contributed by atoms with E-state index >= 15 is 0 Å². The molecule has 1 heterocycles. The molecule has 0 saturated heterocycles. The topological polar surface area (TPSA) is 170 Å². The van der Waals surface area contributed by atoms with Crippen LogP contribution in [0.25, 0.3) is 0 Å². The minimum Gasteiger partial charge on any atom is -0.481 e. The van der Waals surface area contributed by atoms with Crippen molar-refractivity contribution >= 4 is 55.8 Å². The molecular weight excluding hydrogens is 679 g/mol. The first-order chi connectivity index (χ1) is 24.0. The number of anilines is 2. The number of amides is 2. The van der Waals surface area contributed by atoms with Crippen LogP contribution in [0.5, 0.6) is 0 Å². The number of carboxylic acid groups (broad SMARTS) is 2. The lowest BCUT2D eigenvalue weighted by Crippen LogP contribution is -2.32. The van der Waals surface area contributed by atoms with E-state index in [1.165, 1.54) is 39.9 Å². The smallest absolute Gasteiger partial charge is 0.335 e. The van der Waals surface area contributed by atoms with Crippen molar-refractivity contribution in [3.05, 3.63) is 111 Å². The SMILES string of the molecule is CCN(CCCC(=O)O)S(=O)(=O)c1cccc(C(=O)Nc2sc3c(c2C(=O)Nc2ccc(CCc4ccc(C(=O)O)cc4)cc2)CCCC3)c1. The molecule has 0 fully saturated rings. The van der Waals surface area contributed by atoms with Crippen LogP contribution >= 0.6 is 11.3 Å². The molecule has 3 aromatic carbocycles. The van der Waals surface area contributed by atoms with Gasteiger partial charge in [0.25, 0.3) is 11.8 Å². The van der Waals surface area contributed by atoms with E-state index in [9.17, 15) is 27.6 Å². The second kappa shape index (κ2) is 16.2. The van der Waals surface area contributed by atoms with Gasteiger partial charge in [-0.2, -0.15) is 4.31 Å². The van der Waals surface area contributed by atoms with Gasteiger partial charge in [0.2, 0.25) is 10.0 Å². The molecule has 1 aliphatic rings. The number of carbonyl (C=O) groups is 4. The van der Waals surface area contributed by atoms with Crippen molar-refractivity contribution in [2.45, 2.75) is 63.2 Å². The number of thiophene rings is 1. The first kappa shape index (κ1) is 36.4. The molecule has 0 saturated carbocycles. The molecule has 0 aliphatic heterocycles. The second-order valence-electron chi connectivity index (χ2n) is 12.0. The van der Waals surface area contributed by atoms with Crippen LogP contribution < -0.4 is 10.6 Å². The monoisotopic (exact) mass is 717 g/mol. The molecule has 0 bridgehead atoms. The highest BCUT2D eigenvalue weighted by molar-refractivity contribution is 7.89. The number of nitrogens with one attached hydrogen (secondary N) is 2. The normalized spacial score (nSPS) is 12.7. The number of carboxylic acids is 2. The summed E-state index contributed by atoms with van der Waals surface area (Å²) < 4.78 is 27.9. The number of aryl methyl sites for hydroxylation is 3. The fourth-order valence-corrected chi connectivity index (χ4v) is 8.74. The maximum atomic E-state index is 13.8. The Morgan fingerprint density at radius 2 is 1.48 bits per heavy atom. The molecule has 4 aromatic rings. The van der Waals surface area contributed by atoms with Crippen molar-refractivity contribution in [2.24, 2.45) is 0 Å². The molecule has 262 valence electrons. The van der Waals surface area contributed by atoms with E-state index in [4.69, 9.17) is 10.2 Å². The number of fused-ring (bicyclic) bond motifs is 1. The quantitative estimate of drug-likeness (QED) is 0.108.